The second-order valence-electron chi connectivity index (χ2n) is 6.64. The van der Waals surface area contributed by atoms with Crippen molar-refractivity contribution in [3.05, 3.63) is 81.5 Å². The summed E-state index contributed by atoms with van der Waals surface area (Å²) in [4.78, 5) is 16.8. The highest BCUT2D eigenvalue weighted by Crippen LogP contribution is 2.35. The smallest absolute Gasteiger partial charge is 0.349 e. The van der Waals surface area contributed by atoms with Crippen molar-refractivity contribution in [3.63, 3.8) is 0 Å². The highest BCUT2D eigenvalue weighted by atomic mass is 79.9. The number of aliphatic hydroxyl groups is 1. The molecule has 0 aliphatic carbocycles. The fourth-order valence-corrected chi connectivity index (χ4v) is 3.74. The Morgan fingerprint density at radius 2 is 2.07 bits per heavy atom. The van der Waals surface area contributed by atoms with Crippen LogP contribution >= 0.6 is 15.9 Å². The molecule has 1 N–H and O–H groups in total. The van der Waals surface area contributed by atoms with Gasteiger partial charge in [-0.25, -0.2) is 27.9 Å². The van der Waals surface area contributed by atoms with Crippen molar-refractivity contribution in [2.24, 2.45) is 0 Å². The Morgan fingerprint density at radius 1 is 1.28 bits per heavy atom. The third-order valence-electron chi connectivity index (χ3n) is 4.86. The number of benzene rings is 1. The van der Waals surface area contributed by atoms with Crippen LogP contribution in [0.4, 0.5) is 8.78 Å². The van der Waals surface area contributed by atoms with Gasteiger partial charge in [0.05, 0.1) is 24.3 Å². The number of nitrogens with zero attached hydrogens (tertiary/aromatic N) is 6. The maximum atomic E-state index is 14.6. The van der Waals surface area contributed by atoms with E-state index in [-0.39, 0.29) is 12.1 Å². The van der Waals surface area contributed by atoms with E-state index in [2.05, 4.69) is 31.1 Å². The highest BCUT2D eigenvalue weighted by molar-refractivity contribution is 9.10. The fraction of sp³-hybridized carbons (Fsp3) is 0.222. The molecule has 0 bridgehead atoms. The molecule has 29 heavy (non-hydrogen) atoms. The van der Waals surface area contributed by atoms with E-state index in [0.717, 1.165) is 16.8 Å². The summed E-state index contributed by atoms with van der Waals surface area (Å²) in [7, 11) is 0. The minimum Gasteiger partial charge on any atom is -0.381 e. The van der Waals surface area contributed by atoms with E-state index in [4.69, 9.17) is 0 Å². The fourth-order valence-electron chi connectivity index (χ4n) is 3.30. The van der Waals surface area contributed by atoms with Crippen molar-refractivity contribution in [3.8, 4) is 0 Å². The summed E-state index contributed by atoms with van der Waals surface area (Å²) >= 11 is 3.30. The Morgan fingerprint density at radius 3 is 2.76 bits per heavy atom. The standard InChI is InChI=1S/C18H15BrF2N6O2/c1-11(27-17(28)26-7-12(19)4-14(26)6-23-27)18(29,8-25-10-22-9-24-25)15-3-2-13(20)5-16(15)21/h2-7,9-11,29H,8H2,1H3/t11-,18-/m1/s1. The van der Waals surface area contributed by atoms with Crippen molar-refractivity contribution in [2.45, 2.75) is 25.1 Å². The predicted octanol–water partition coefficient (Wildman–Crippen LogP) is 2.28. The van der Waals surface area contributed by atoms with E-state index in [1.807, 2.05) is 0 Å². The predicted molar refractivity (Wildman–Crippen MR) is 102 cm³/mol. The zero-order valence-corrected chi connectivity index (χ0v) is 16.7. The molecule has 4 aromatic rings. The SMILES string of the molecule is C[C@@H](n1ncc2cc(Br)cn2c1=O)[C@](O)(Cn1cncn1)c1ccc(F)cc1F. The van der Waals surface area contributed by atoms with Gasteiger partial charge in [-0.15, -0.1) is 0 Å². The molecule has 0 aliphatic heterocycles. The Balaban J connectivity index is 1.88. The molecule has 0 aliphatic rings. The van der Waals surface area contributed by atoms with Crippen LogP contribution in [0, 0.1) is 11.6 Å². The lowest BCUT2D eigenvalue weighted by atomic mass is 9.86. The van der Waals surface area contributed by atoms with Crippen LogP contribution in [0.3, 0.4) is 0 Å². The molecule has 0 unspecified atom stereocenters. The number of rotatable bonds is 5. The first-order chi connectivity index (χ1) is 13.8. The topological polar surface area (TPSA) is 90.2 Å². The van der Waals surface area contributed by atoms with E-state index in [1.165, 1.54) is 34.9 Å². The molecular weight excluding hydrogens is 450 g/mol. The van der Waals surface area contributed by atoms with Crippen LogP contribution in [0.5, 0.6) is 0 Å². The Bertz CT molecular complexity index is 1240. The Hall–Kier alpha value is -2.92. The van der Waals surface area contributed by atoms with E-state index >= 15 is 0 Å². The highest BCUT2D eigenvalue weighted by Gasteiger charge is 2.41. The van der Waals surface area contributed by atoms with Crippen LogP contribution in [0.2, 0.25) is 0 Å². The molecule has 0 saturated heterocycles. The molecule has 0 spiro atoms. The zero-order valence-electron chi connectivity index (χ0n) is 15.1. The lowest BCUT2D eigenvalue weighted by Gasteiger charge is -2.34. The third kappa shape index (κ3) is 3.36. The third-order valence-corrected chi connectivity index (χ3v) is 5.29. The molecule has 11 heteroatoms. The summed E-state index contributed by atoms with van der Waals surface area (Å²) in [6, 6.07) is 3.54. The van der Waals surface area contributed by atoms with Crippen molar-refractivity contribution in [1.29, 1.82) is 0 Å². The van der Waals surface area contributed by atoms with Gasteiger partial charge in [0.2, 0.25) is 0 Å². The van der Waals surface area contributed by atoms with Crippen LogP contribution in [0.15, 0.2) is 58.6 Å². The summed E-state index contributed by atoms with van der Waals surface area (Å²) in [5.41, 5.74) is -2.15. The van der Waals surface area contributed by atoms with Crippen molar-refractivity contribution >= 4 is 21.4 Å². The minimum absolute atomic E-state index is 0.190. The van der Waals surface area contributed by atoms with Gasteiger partial charge in [0.15, 0.2) is 0 Å². The molecule has 3 aromatic heterocycles. The van der Waals surface area contributed by atoms with E-state index in [9.17, 15) is 18.7 Å². The van der Waals surface area contributed by atoms with Gasteiger partial charge in [-0.1, -0.05) is 6.07 Å². The van der Waals surface area contributed by atoms with Crippen molar-refractivity contribution in [2.75, 3.05) is 0 Å². The lowest BCUT2D eigenvalue weighted by Crippen LogP contribution is -2.45. The van der Waals surface area contributed by atoms with Crippen LogP contribution < -0.4 is 5.69 Å². The van der Waals surface area contributed by atoms with Crippen LogP contribution in [-0.4, -0.2) is 34.1 Å². The van der Waals surface area contributed by atoms with Gasteiger partial charge in [-0.2, -0.15) is 10.2 Å². The van der Waals surface area contributed by atoms with Gasteiger partial charge in [0.1, 0.15) is 29.9 Å². The molecule has 0 fully saturated rings. The molecule has 8 nitrogen and oxygen atoms in total. The van der Waals surface area contributed by atoms with Crippen LogP contribution in [0.1, 0.15) is 18.5 Å². The summed E-state index contributed by atoms with van der Waals surface area (Å²) in [6.07, 6.45) is 5.64. The normalized spacial score (nSPS) is 14.8. The van der Waals surface area contributed by atoms with Crippen molar-refractivity contribution < 1.29 is 13.9 Å². The number of hydrogen-bond donors (Lipinski definition) is 1. The largest absolute Gasteiger partial charge is 0.381 e. The quantitative estimate of drug-likeness (QED) is 0.489. The van der Waals surface area contributed by atoms with Gasteiger partial charge >= 0.3 is 5.69 Å². The number of halogens is 3. The molecule has 0 radical (unpaired) electrons. The van der Waals surface area contributed by atoms with Crippen LogP contribution in [-0.2, 0) is 12.1 Å². The van der Waals surface area contributed by atoms with E-state index in [0.29, 0.717) is 16.1 Å². The van der Waals surface area contributed by atoms with Gasteiger partial charge in [-0.3, -0.25) is 4.40 Å². The zero-order chi connectivity index (χ0) is 20.8. The molecular formula is C18H15BrF2N6O2. The van der Waals surface area contributed by atoms with Crippen molar-refractivity contribution in [1.82, 2.24) is 28.9 Å². The molecule has 150 valence electrons. The number of hydrogen-bond acceptors (Lipinski definition) is 5. The molecule has 0 saturated carbocycles. The summed E-state index contributed by atoms with van der Waals surface area (Å²) < 4.78 is 32.5. The van der Waals surface area contributed by atoms with Gasteiger partial charge in [-0.05, 0) is 35.0 Å². The number of aromatic nitrogens is 6. The maximum absolute atomic E-state index is 14.6. The average molecular weight is 465 g/mol. The van der Waals surface area contributed by atoms with E-state index in [1.54, 1.807) is 12.3 Å². The van der Waals surface area contributed by atoms with Gasteiger partial charge in [0, 0.05) is 22.3 Å². The van der Waals surface area contributed by atoms with Gasteiger partial charge in [0.25, 0.3) is 0 Å². The lowest BCUT2D eigenvalue weighted by molar-refractivity contribution is -0.0390. The summed E-state index contributed by atoms with van der Waals surface area (Å²) in [5.74, 6) is -1.73. The second-order valence-corrected chi connectivity index (χ2v) is 7.56. The number of fused-ring (bicyclic) bond motifs is 1. The minimum atomic E-state index is -1.99. The molecule has 2 atom stereocenters. The first kappa shape index (κ1) is 19.4. The Labute approximate surface area is 171 Å². The molecule has 4 rings (SSSR count). The van der Waals surface area contributed by atoms with Crippen LogP contribution in [0.25, 0.3) is 5.52 Å². The monoisotopic (exact) mass is 464 g/mol. The van der Waals surface area contributed by atoms with Gasteiger partial charge < -0.3 is 5.11 Å². The molecule has 0 amide bonds. The first-order valence-corrected chi connectivity index (χ1v) is 9.34. The van der Waals surface area contributed by atoms with E-state index < -0.39 is 29.0 Å². The first-order valence-electron chi connectivity index (χ1n) is 8.55. The second kappa shape index (κ2) is 7.16. The molecule has 3 heterocycles. The average Bonchev–Trinajstić information content (AvgIpc) is 3.30. The maximum Gasteiger partial charge on any atom is 0.349 e. The molecule has 1 aromatic carbocycles. The summed E-state index contributed by atoms with van der Waals surface area (Å²) in [6.45, 7) is 1.29. The Kier molecular flexibility index (Phi) is 4.79. The summed E-state index contributed by atoms with van der Waals surface area (Å²) in [5, 5.41) is 19.7.